The van der Waals surface area contributed by atoms with Crippen molar-refractivity contribution in [2.75, 3.05) is 31.6 Å². The molecule has 8 nitrogen and oxygen atoms in total. The summed E-state index contributed by atoms with van der Waals surface area (Å²) in [6.45, 7) is 4.01. The van der Waals surface area contributed by atoms with E-state index in [-0.39, 0.29) is 35.7 Å². The number of H-pyrrole nitrogens is 1. The Labute approximate surface area is 194 Å². The average molecular weight is 477 g/mol. The summed E-state index contributed by atoms with van der Waals surface area (Å²) in [4.78, 5) is 36.5. The number of nitrogens with zero attached hydrogens (tertiary/aromatic N) is 3. The Kier molecular flexibility index (Phi) is 5.85. The number of ether oxygens (including phenoxy) is 1. The first-order chi connectivity index (χ1) is 16.2. The minimum atomic E-state index is -4.56. The highest BCUT2D eigenvalue weighted by atomic mass is 19.4. The maximum atomic E-state index is 13.8. The third kappa shape index (κ3) is 4.54. The number of hydrogen-bond acceptors (Lipinski definition) is 5. The molecule has 3 fully saturated rings. The van der Waals surface area contributed by atoms with E-state index in [4.69, 9.17) is 4.74 Å². The first-order valence-corrected chi connectivity index (χ1v) is 11.4. The van der Waals surface area contributed by atoms with E-state index in [9.17, 15) is 22.8 Å². The molecule has 2 aromatic rings. The number of imidazole rings is 1. The van der Waals surface area contributed by atoms with Crippen molar-refractivity contribution in [2.45, 2.75) is 44.6 Å². The Hall–Kier alpha value is -2.92. The second-order valence-electron chi connectivity index (χ2n) is 9.16. The molecule has 3 atom stereocenters. The predicted octanol–water partition coefficient (Wildman–Crippen LogP) is 2.81. The Bertz CT molecular complexity index is 1100. The summed E-state index contributed by atoms with van der Waals surface area (Å²) < 4.78 is 46.7. The normalized spacial score (nSPS) is 24.7. The predicted molar refractivity (Wildman–Crippen MR) is 116 cm³/mol. The van der Waals surface area contributed by atoms with Crippen LogP contribution in [0.2, 0.25) is 0 Å². The van der Waals surface area contributed by atoms with Crippen LogP contribution in [-0.4, -0.2) is 70.0 Å². The molecule has 2 unspecified atom stereocenters. The molecule has 0 spiro atoms. The lowest BCUT2D eigenvalue weighted by Gasteiger charge is -2.28. The Morgan fingerprint density at radius 3 is 2.68 bits per heavy atom. The van der Waals surface area contributed by atoms with E-state index in [2.05, 4.69) is 15.3 Å². The number of amides is 2. The zero-order valence-electron chi connectivity index (χ0n) is 18.7. The third-order valence-electron chi connectivity index (χ3n) is 6.76. The number of piperidine rings is 1. The maximum absolute atomic E-state index is 13.8. The van der Waals surface area contributed by atoms with Gasteiger partial charge < -0.3 is 19.9 Å². The molecule has 5 rings (SSSR count). The van der Waals surface area contributed by atoms with Crippen LogP contribution in [0, 0.1) is 12.8 Å². The number of aromatic amines is 1. The molecule has 3 aliphatic rings. The number of alkyl halides is 3. The van der Waals surface area contributed by atoms with Crippen LogP contribution in [0.25, 0.3) is 0 Å². The SMILES string of the molecule is Cc1ncc(C(=O)N2C3CC3C[C@H]2C(=O)Nc2ccc(CN3CCOCC3)c(C(F)(F)F)c2)[nH]1. The van der Waals surface area contributed by atoms with Crippen molar-refractivity contribution in [3.63, 3.8) is 0 Å². The number of aromatic nitrogens is 2. The van der Waals surface area contributed by atoms with Crippen LogP contribution in [0.3, 0.4) is 0 Å². The molecule has 2 aliphatic heterocycles. The van der Waals surface area contributed by atoms with E-state index < -0.39 is 23.7 Å². The maximum Gasteiger partial charge on any atom is 0.416 e. The van der Waals surface area contributed by atoms with Crippen molar-refractivity contribution in [2.24, 2.45) is 5.92 Å². The van der Waals surface area contributed by atoms with Crippen molar-refractivity contribution in [3.05, 3.63) is 47.0 Å². The number of halogens is 3. The van der Waals surface area contributed by atoms with Gasteiger partial charge in [-0.3, -0.25) is 14.5 Å². The van der Waals surface area contributed by atoms with Gasteiger partial charge in [-0.05, 0) is 43.4 Å². The smallest absolute Gasteiger partial charge is 0.379 e. The van der Waals surface area contributed by atoms with Crippen LogP contribution in [0.4, 0.5) is 18.9 Å². The quantitative estimate of drug-likeness (QED) is 0.691. The largest absolute Gasteiger partial charge is 0.416 e. The van der Waals surface area contributed by atoms with Gasteiger partial charge >= 0.3 is 6.18 Å². The van der Waals surface area contributed by atoms with Gasteiger partial charge in [0.15, 0.2) is 0 Å². The van der Waals surface area contributed by atoms with E-state index in [1.807, 2.05) is 4.90 Å². The molecule has 0 bridgehead atoms. The van der Waals surface area contributed by atoms with Gasteiger partial charge in [0.25, 0.3) is 5.91 Å². The van der Waals surface area contributed by atoms with Crippen LogP contribution in [0.5, 0.6) is 0 Å². The van der Waals surface area contributed by atoms with Crippen LogP contribution in [0.15, 0.2) is 24.4 Å². The van der Waals surface area contributed by atoms with E-state index in [1.54, 1.807) is 11.8 Å². The lowest BCUT2D eigenvalue weighted by molar-refractivity contribution is -0.138. The summed E-state index contributed by atoms with van der Waals surface area (Å²) in [5.74, 6) is 0.0338. The summed E-state index contributed by atoms with van der Waals surface area (Å²) >= 11 is 0. The van der Waals surface area contributed by atoms with Gasteiger partial charge in [-0.1, -0.05) is 6.07 Å². The molecule has 11 heteroatoms. The van der Waals surface area contributed by atoms with Crippen molar-refractivity contribution in [3.8, 4) is 0 Å². The van der Waals surface area contributed by atoms with Gasteiger partial charge in [-0.2, -0.15) is 13.2 Å². The molecule has 1 aromatic carbocycles. The molecule has 3 heterocycles. The standard InChI is InChI=1S/C23H26F3N5O3/c1-13-27-11-18(28-13)22(33)31-19-8-15(19)9-20(31)21(32)29-16-3-2-14(17(10-16)23(24,25)26)12-30-4-6-34-7-5-30/h2-3,10-11,15,19-20H,4-9,12H2,1H3,(H,27,28)(H,29,32)/t15?,19?,20-/m0/s1. The zero-order chi connectivity index (χ0) is 24.0. The van der Waals surface area contributed by atoms with E-state index >= 15 is 0 Å². The monoisotopic (exact) mass is 477 g/mol. The number of carbonyl (C=O) groups excluding carboxylic acids is 2. The zero-order valence-corrected chi connectivity index (χ0v) is 18.7. The third-order valence-corrected chi connectivity index (χ3v) is 6.76. The van der Waals surface area contributed by atoms with Crippen LogP contribution >= 0.6 is 0 Å². The number of fused-ring (bicyclic) bond motifs is 1. The number of benzene rings is 1. The number of morpholine rings is 1. The van der Waals surface area contributed by atoms with Crippen molar-refractivity contribution >= 4 is 17.5 Å². The number of carbonyl (C=O) groups is 2. The van der Waals surface area contributed by atoms with Crippen molar-refractivity contribution in [1.82, 2.24) is 19.8 Å². The second kappa shape index (κ2) is 8.70. The van der Waals surface area contributed by atoms with Gasteiger partial charge in [-0.25, -0.2) is 4.98 Å². The minimum absolute atomic E-state index is 0.0199. The van der Waals surface area contributed by atoms with Crippen molar-refractivity contribution in [1.29, 1.82) is 0 Å². The molecular formula is C23H26F3N5O3. The summed E-state index contributed by atoms with van der Waals surface area (Å²) in [6, 6.07) is 3.13. The van der Waals surface area contributed by atoms with Gasteiger partial charge in [0, 0.05) is 31.4 Å². The van der Waals surface area contributed by atoms with Crippen LogP contribution < -0.4 is 5.32 Å². The molecule has 2 N–H and O–H groups in total. The Balaban J connectivity index is 1.33. The minimum Gasteiger partial charge on any atom is -0.379 e. The lowest BCUT2D eigenvalue weighted by atomic mass is 10.0. The van der Waals surface area contributed by atoms with Crippen LogP contribution in [0.1, 0.15) is 40.3 Å². The highest BCUT2D eigenvalue weighted by Crippen LogP contribution is 2.48. The Morgan fingerprint density at radius 2 is 2.00 bits per heavy atom. The highest BCUT2D eigenvalue weighted by molar-refractivity contribution is 6.01. The summed E-state index contributed by atoms with van der Waals surface area (Å²) in [6.07, 6.45) is -1.79. The van der Waals surface area contributed by atoms with Crippen molar-refractivity contribution < 1.29 is 27.5 Å². The summed E-state index contributed by atoms with van der Waals surface area (Å²) in [5, 5.41) is 2.62. The molecule has 0 radical (unpaired) electrons. The average Bonchev–Trinajstić information content (AvgIpc) is 3.24. The second-order valence-corrected chi connectivity index (χ2v) is 9.16. The van der Waals surface area contributed by atoms with Gasteiger partial charge in [0.2, 0.25) is 5.91 Å². The van der Waals surface area contributed by atoms with E-state index in [0.29, 0.717) is 44.2 Å². The number of rotatable bonds is 5. The first kappa shape index (κ1) is 22.9. The first-order valence-electron chi connectivity index (χ1n) is 11.4. The molecule has 2 amide bonds. The van der Waals surface area contributed by atoms with E-state index in [0.717, 1.165) is 12.5 Å². The fraction of sp³-hybridized carbons (Fsp3) is 0.522. The van der Waals surface area contributed by atoms with Crippen LogP contribution in [-0.2, 0) is 22.3 Å². The molecule has 182 valence electrons. The number of likely N-dealkylation sites (tertiary alicyclic amines) is 1. The summed E-state index contributed by atoms with van der Waals surface area (Å²) in [5.41, 5.74) is -0.254. The molecule has 34 heavy (non-hydrogen) atoms. The van der Waals surface area contributed by atoms with E-state index in [1.165, 1.54) is 18.3 Å². The number of aryl methyl sites for hydroxylation is 1. The Morgan fingerprint density at radius 1 is 1.24 bits per heavy atom. The summed E-state index contributed by atoms with van der Waals surface area (Å²) in [7, 11) is 0. The molecule has 1 aliphatic carbocycles. The molecule has 2 saturated heterocycles. The lowest BCUT2D eigenvalue weighted by Crippen LogP contribution is -2.45. The van der Waals surface area contributed by atoms with Gasteiger partial charge in [-0.15, -0.1) is 0 Å². The number of nitrogens with one attached hydrogen (secondary N) is 2. The highest BCUT2D eigenvalue weighted by Gasteiger charge is 2.56. The fourth-order valence-corrected chi connectivity index (χ4v) is 4.93. The number of anilines is 1. The van der Waals surface area contributed by atoms with Gasteiger partial charge in [0.05, 0.1) is 25.0 Å². The molecular weight excluding hydrogens is 451 g/mol. The fourth-order valence-electron chi connectivity index (χ4n) is 4.93. The van der Waals surface area contributed by atoms with Gasteiger partial charge in [0.1, 0.15) is 17.6 Å². The number of hydrogen-bond donors (Lipinski definition) is 2. The molecule has 1 aromatic heterocycles. The topological polar surface area (TPSA) is 90.6 Å². The molecule has 1 saturated carbocycles.